The number of hydrogen-bond donors (Lipinski definition) is 0. The molecule has 5 nitrogen and oxygen atoms in total. The Bertz CT molecular complexity index is 711. The molecule has 180 valence electrons. The van der Waals surface area contributed by atoms with E-state index in [-0.39, 0.29) is 30.8 Å². The Morgan fingerprint density at radius 3 is 2.38 bits per heavy atom. The van der Waals surface area contributed by atoms with Crippen molar-refractivity contribution in [3.05, 3.63) is 0 Å². The van der Waals surface area contributed by atoms with E-state index in [1.54, 1.807) is 0 Å². The molecule has 0 saturated heterocycles. The zero-order chi connectivity index (χ0) is 22.5. The SMILES string of the molecule is CCC(C)(C)C(=O)OC1CC2CC1C1C3CC(CC3C(=O)OCOCC3CCCCC3)C21. The van der Waals surface area contributed by atoms with Gasteiger partial charge < -0.3 is 14.2 Å². The normalized spacial score (nSPS) is 40.5. The third-order valence-corrected chi connectivity index (χ3v) is 10.1. The summed E-state index contributed by atoms with van der Waals surface area (Å²) in [6.07, 6.45) is 11.6. The van der Waals surface area contributed by atoms with Crippen LogP contribution < -0.4 is 0 Å². The lowest BCUT2D eigenvalue weighted by atomic mass is 9.66. The maximum atomic E-state index is 12.9. The number of fused-ring (bicyclic) bond motifs is 9. The zero-order valence-electron chi connectivity index (χ0n) is 20.2. The van der Waals surface area contributed by atoms with Gasteiger partial charge in [0.15, 0.2) is 6.79 Å². The van der Waals surface area contributed by atoms with Crippen molar-refractivity contribution < 1.29 is 23.8 Å². The first-order valence-electron chi connectivity index (χ1n) is 13.3. The van der Waals surface area contributed by atoms with Crippen molar-refractivity contribution >= 4 is 11.9 Å². The number of rotatable bonds is 8. The predicted octanol–water partition coefficient (Wildman–Crippen LogP) is 5.36. The lowest BCUT2D eigenvalue weighted by Crippen LogP contribution is -2.43. The quantitative estimate of drug-likeness (QED) is 0.217. The molecule has 0 aromatic rings. The molecular formula is C27H42O5. The van der Waals surface area contributed by atoms with Crippen molar-refractivity contribution in [3.63, 3.8) is 0 Å². The lowest BCUT2D eigenvalue weighted by molar-refractivity contribution is -0.170. The van der Waals surface area contributed by atoms with Crippen molar-refractivity contribution in [1.29, 1.82) is 0 Å². The third-order valence-electron chi connectivity index (χ3n) is 10.1. The molecule has 0 radical (unpaired) electrons. The van der Waals surface area contributed by atoms with Gasteiger partial charge in [-0.1, -0.05) is 26.2 Å². The first-order valence-corrected chi connectivity index (χ1v) is 13.3. The molecule has 5 fully saturated rings. The molecule has 5 saturated carbocycles. The molecule has 0 aromatic heterocycles. The van der Waals surface area contributed by atoms with Crippen LogP contribution in [0.25, 0.3) is 0 Å². The van der Waals surface area contributed by atoms with Gasteiger partial charge in [-0.25, -0.2) is 0 Å². The zero-order valence-corrected chi connectivity index (χ0v) is 20.2. The largest absolute Gasteiger partial charge is 0.462 e. The number of ether oxygens (including phenoxy) is 3. The van der Waals surface area contributed by atoms with Gasteiger partial charge in [0.1, 0.15) is 6.10 Å². The van der Waals surface area contributed by atoms with Gasteiger partial charge in [0.25, 0.3) is 0 Å². The van der Waals surface area contributed by atoms with Gasteiger partial charge in [-0.15, -0.1) is 0 Å². The highest BCUT2D eigenvalue weighted by molar-refractivity contribution is 5.76. The highest BCUT2D eigenvalue weighted by Crippen LogP contribution is 2.69. The third kappa shape index (κ3) is 4.01. The van der Waals surface area contributed by atoms with E-state index in [1.165, 1.54) is 38.5 Å². The highest BCUT2D eigenvalue weighted by Gasteiger charge is 2.66. The van der Waals surface area contributed by atoms with Crippen molar-refractivity contribution in [2.75, 3.05) is 13.4 Å². The summed E-state index contributed by atoms with van der Waals surface area (Å²) in [5.41, 5.74) is -0.417. The maximum Gasteiger partial charge on any atom is 0.311 e. The minimum Gasteiger partial charge on any atom is -0.462 e. The van der Waals surface area contributed by atoms with Crippen LogP contribution in [0.1, 0.15) is 85.0 Å². The summed E-state index contributed by atoms with van der Waals surface area (Å²) in [7, 11) is 0. The van der Waals surface area contributed by atoms with Crippen LogP contribution in [0.4, 0.5) is 0 Å². The number of esters is 2. The second kappa shape index (κ2) is 8.92. The van der Waals surface area contributed by atoms with Crippen LogP contribution in [0, 0.1) is 52.8 Å². The van der Waals surface area contributed by atoms with Gasteiger partial charge in [0.05, 0.1) is 17.9 Å². The molecule has 0 N–H and O–H groups in total. The summed E-state index contributed by atoms with van der Waals surface area (Å²) in [6.45, 7) is 6.83. The van der Waals surface area contributed by atoms with E-state index in [2.05, 4.69) is 0 Å². The predicted molar refractivity (Wildman–Crippen MR) is 120 cm³/mol. The molecule has 5 heteroatoms. The molecule has 5 aliphatic rings. The molecule has 0 aliphatic heterocycles. The van der Waals surface area contributed by atoms with Gasteiger partial charge in [-0.05, 0) is 100 Å². The Morgan fingerprint density at radius 2 is 1.62 bits per heavy atom. The standard InChI is InChI=1S/C27H42O5/c1-4-27(2,3)26(29)32-22-13-18-12-21(22)24-19-10-17(23(18)24)11-20(19)25(28)31-15-30-14-16-8-6-5-7-9-16/h16-24H,4-15H2,1-3H3. The van der Waals surface area contributed by atoms with E-state index in [0.29, 0.717) is 35.5 Å². The summed E-state index contributed by atoms with van der Waals surface area (Å²) < 4.78 is 17.4. The first-order chi connectivity index (χ1) is 15.4. The van der Waals surface area contributed by atoms with E-state index in [1.807, 2.05) is 20.8 Å². The second-order valence-electron chi connectivity index (χ2n) is 12.2. The van der Waals surface area contributed by atoms with Crippen LogP contribution in [0.2, 0.25) is 0 Å². The van der Waals surface area contributed by atoms with Crippen LogP contribution in [0.15, 0.2) is 0 Å². The minimum absolute atomic E-state index is 0.0160. The molecule has 32 heavy (non-hydrogen) atoms. The summed E-state index contributed by atoms with van der Waals surface area (Å²) in [5, 5.41) is 0. The van der Waals surface area contributed by atoms with E-state index in [4.69, 9.17) is 14.2 Å². The van der Waals surface area contributed by atoms with Crippen molar-refractivity contribution in [2.45, 2.75) is 91.1 Å². The monoisotopic (exact) mass is 446 g/mol. The van der Waals surface area contributed by atoms with Gasteiger partial charge in [0.2, 0.25) is 0 Å². The summed E-state index contributed by atoms with van der Waals surface area (Å²) >= 11 is 0. The van der Waals surface area contributed by atoms with Crippen LogP contribution in [0.3, 0.4) is 0 Å². The topological polar surface area (TPSA) is 61.8 Å². The van der Waals surface area contributed by atoms with Gasteiger partial charge in [-0.2, -0.15) is 0 Å². The van der Waals surface area contributed by atoms with Crippen molar-refractivity contribution in [1.82, 2.24) is 0 Å². The van der Waals surface area contributed by atoms with Crippen LogP contribution in [-0.2, 0) is 23.8 Å². The van der Waals surface area contributed by atoms with Crippen molar-refractivity contribution in [3.8, 4) is 0 Å². The molecule has 8 unspecified atom stereocenters. The Labute approximate surface area is 193 Å². The molecule has 0 amide bonds. The van der Waals surface area contributed by atoms with Crippen LogP contribution in [-0.4, -0.2) is 31.4 Å². The van der Waals surface area contributed by atoms with Crippen LogP contribution in [0.5, 0.6) is 0 Å². The fourth-order valence-electron chi connectivity index (χ4n) is 8.17. The van der Waals surface area contributed by atoms with E-state index in [9.17, 15) is 9.59 Å². The summed E-state index contributed by atoms with van der Waals surface area (Å²) in [4.78, 5) is 25.6. The Hall–Kier alpha value is -1.10. The fourth-order valence-corrected chi connectivity index (χ4v) is 8.17. The fraction of sp³-hybridized carbons (Fsp3) is 0.926. The highest BCUT2D eigenvalue weighted by atomic mass is 16.7. The molecule has 4 bridgehead atoms. The first kappa shape index (κ1) is 22.7. The minimum atomic E-state index is -0.417. The smallest absolute Gasteiger partial charge is 0.311 e. The Balaban J connectivity index is 1.14. The summed E-state index contributed by atoms with van der Waals surface area (Å²) in [6, 6.07) is 0. The van der Waals surface area contributed by atoms with Gasteiger partial charge in [-0.3, -0.25) is 9.59 Å². The molecule has 0 aromatic carbocycles. The van der Waals surface area contributed by atoms with E-state index in [0.717, 1.165) is 38.2 Å². The Kier molecular flexibility index (Phi) is 6.32. The summed E-state index contributed by atoms with van der Waals surface area (Å²) in [5.74, 6) is 4.01. The number of hydrogen-bond acceptors (Lipinski definition) is 5. The van der Waals surface area contributed by atoms with Crippen molar-refractivity contribution in [2.24, 2.45) is 52.8 Å². The van der Waals surface area contributed by atoms with Gasteiger partial charge >= 0.3 is 11.9 Å². The number of carbonyl (C=O) groups is 2. The molecule has 5 rings (SSSR count). The van der Waals surface area contributed by atoms with Crippen LogP contribution >= 0.6 is 0 Å². The molecule has 0 spiro atoms. The molecule has 8 atom stereocenters. The molecule has 0 heterocycles. The van der Waals surface area contributed by atoms with E-state index >= 15 is 0 Å². The van der Waals surface area contributed by atoms with Gasteiger partial charge in [0, 0.05) is 0 Å². The molecule has 5 aliphatic carbocycles. The maximum absolute atomic E-state index is 12.9. The average Bonchev–Trinajstić information content (AvgIpc) is 3.56. The second-order valence-corrected chi connectivity index (χ2v) is 12.2. The van der Waals surface area contributed by atoms with E-state index < -0.39 is 5.41 Å². The Morgan fingerprint density at radius 1 is 0.906 bits per heavy atom. The average molecular weight is 447 g/mol. The molecular weight excluding hydrogens is 404 g/mol. The lowest BCUT2D eigenvalue weighted by Gasteiger charge is -2.41. The number of carbonyl (C=O) groups excluding carboxylic acids is 2.